The largest absolute Gasteiger partial charge is 0.334 e. The topological polar surface area (TPSA) is 45.2 Å². The Labute approximate surface area is 107 Å². The standard InChI is InChI=1S/C10H13N3O.2ClH/c14-10-7-11-5-6-13(10)8-9-3-1-2-4-12-9;;/h1-4,11H,5-8H2;2*1H. The Morgan fingerprint density at radius 1 is 1.38 bits per heavy atom. The molecule has 1 aliphatic heterocycles. The number of aromatic nitrogens is 1. The average molecular weight is 264 g/mol. The third kappa shape index (κ3) is 3.96. The van der Waals surface area contributed by atoms with Gasteiger partial charge >= 0.3 is 0 Å². The molecule has 0 aromatic carbocycles. The molecule has 4 nitrogen and oxygen atoms in total. The van der Waals surface area contributed by atoms with Crippen LogP contribution in [-0.2, 0) is 11.3 Å². The van der Waals surface area contributed by atoms with Crippen molar-refractivity contribution in [3.05, 3.63) is 30.1 Å². The summed E-state index contributed by atoms with van der Waals surface area (Å²) >= 11 is 0. The second-order valence-electron chi connectivity index (χ2n) is 3.31. The highest BCUT2D eigenvalue weighted by molar-refractivity contribution is 5.85. The first-order valence-corrected chi connectivity index (χ1v) is 4.74. The van der Waals surface area contributed by atoms with E-state index >= 15 is 0 Å². The molecule has 1 aromatic heterocycles. The van der Waals surface area contributed by atoms with Crippen LogP contribution in [0.2, 0.25) is 0 Å². The molecule has 16 heavy (non-hydrogen) atoms. The smallest absolute Gasteiger partial charge is 0.236 e. The maximum absolute atomic E-state index is 11.4. The Morgan fingerprint density at radius 2 is 2.19 bits per heavy atom. The van der Waals surface area contributed by atoms with Crippen molar-refractivity contribution >= 4 is 30.7 Å². The van der Waals surface area contributed by atoms with Crippen molar-refractivity contribution < 1.29 is 4.79 Å². The summed E-state index contributed by atoms with van der Waals surface area (Å²) in [4.78, 5) is 17.5. The average Bonchev–Trinajstić information content (AvgIpc) is 2.23. The lowest BCUT2D eigenvalue weighted by Gasteiger charge is -2.26. The van der Waals surface area contributed by atoms with Crippen molar-refractivity contribution in [2.24, 2.45) is 0 Å². The monoisotopic (exact) mass is 263 g/mol. The van der Waals surface area contributed by atoms with Crippen molar-refractivity contribution in [2.75, 3.05) is 19.6 Å². The molecule has 1 fully saturated rings. The van der Waals surface area contributed by atoms with E-state index in [0.29, 0.717) is 13.1 Å². The molecule has 2 heterocycles. The number of hydrogen-bond donors (Lipinski definition) is 1. The summed E-state index contributed by atoms with van der Waals surface area (Å²) in [7, 11) is 0. The molecule has 1 aromatic rings. The van der Waals surface area contributed by atoms with Gasteiger partial charge in [0.2, 0.25) is 5.91 Å². The maximum atomic E-state index is 11.4. The fourth-order valence-corrected chi connectivity index (χ4v) is 1.50. The lowest BCUT2D eigenvalue weighted by Crippen LogP contribution is -2.47. The number of hydrogen-bond acceptors (Lipinski definition) is 3. The minimum absolute atomic E-state index is 0. The normalized spacial score (nSPS) is 15.0. The van der Waals surface area contributed by atoms with Crippen molar-refractivity contribution in [1.82, 2.24) is 15.2 Å². The molecule has 0 aliphatic carbocycles. The fraction of sp³-hybridized carbons (Fsp3) is 0.400. The van der Waals surface area contributed by atoms with Crippen LogP contribution in [0, 0.1) is 0 Å². The quantitative estimate of drug-likeness (QED) is 0.861. The van der Waals surface area contributed by atoms with Gasteiger partial charge in [-0.3, -0.25) is 9.78 Å². The summed E-state index contributed by atoms with van der Waals surface area (Å²) in [5.74, 6) is 0.155. The van der Waals surface area contributed by atoms with Crippen LogP contribution in [0.1, 0.15) is 5.69 Å². The lowest BCUT2D eigenvalue weighted by molar-refractivity contribution is -0.132. The van der Waals surface area contributed by atoms with Gasteiger partial charge in [-0.1, -0.05) is 6.07 Å². The molecule has 2 rings (SSSR count). The Hall–Kier alpha value is -0.840. The van der Waals surface area contributed by atoms with Gasteiger partial charge in [0.15, 0.2) is 0 Å². The number of rotatable bonds is 2. The lowest BCUT2D eigenvalue weighted by atomic mass is 10.3. The summed E-state index contributed by atoms with van der Waals surface area (Å²) in [6.45, 7) is 2.72. The molecule has 0 saturated carbocycles. The molecule has 90 valence electrons. The first kappa shape index (κ1) is 15.2. The van der Waals surface area contributed by atoms with E-state index in [1.54, 1.807) is 6.20 Å². The molecule has 0 spiro atoms. The molecule has 6 heteroatoms. The predicted molar refractivity (Wildman–Crippen MR) is 67.0 cm³/mol. The molecule has 0 radical (unpaired) electrons. The van der Waals surface area contributed by atoms with E-state index in [9.17, 15) is 4.79 Å². The first-order valence-electron chi connectivity index (χ1n) is 4.74. The molecular weight excluding hydrogens is 249 g/mol. The minimum atomic E-state index is 0. The van der Waals surface area contributed by atoms with Crippen LogP contribution in [0.25, 0.3) is 0 Å². The van der Waals surface area contributed by atoms with Crippen LogP contribution in [0.5, 0.6) is 0 Å². The van der Waals surface area contributed by atoms with Gasteiger partial charge in [0, 0.05) is 19.3 Å². The van der Waals surface area contributed by atoms with E-state index in [4.69, 9.17) is 0 Å². The minimum Gasteiger partial charge on any atom is -0.334 e. The first-order chi connectivity index (χ1) is 6.86. The van der Waals surface area contributed by atoms with Crippen LogP contribution in [-0.4, -0.2) is 35.4 Å². The van der Waals surface area contributed by atoms with E-state index in [1.807, 2.05) is 23.1 Å². The van der Waals surface area contributed by atoms with Gasteiger partial charge in [-0.05, 0) is 12.1 Å². The van der Waals surface area contributed by atoms with Gasteiger partial charge in [-0.2, -0.15) is 0 Å². The zero-order valence-corrected chi connectivity index (χ0v) is 10.4. The van der Waals surface area contributed by atoms with Gasteiger partial charge in [0.25, 0.3) is 0 Å². The Balaban J connectivity index is 0.00000112. The molecule has 1 N–H and O–H groups in total. The summed E-state index contributed by atoms with van der Waals surface area (Å²) < 4.78 is 0. The predicted octanol–water partition coefficient (Wildman–Crippen LogP) is 0.857. The number of pyridine rings is 1. The summed E-state index contributed by atoms with van der Waals surface area (Å²) in [6.07, 6.45) is 1.75. The van der Waals surface area contributed by atoms with Crippen molar-refractivity contribution in [3.8, 4) is 0 Å². The summed E-state index contributed by atoms with van der Waals surface area (Å²) in [5.41, 5.74) is 0.947. The number of amides is 1. The third-order valence-electron chi connectivity index (χ3n) is 2.27. The van der Waals surface area contributed by atoms with E-state index in [1.165, 1.54) is 0 Å². The molecule has 1 aliphatic rings. The number of halogens is 2. The molecular formula is C10H15Cl2N3O. The maximum Gasteiger partial charge on any atom is 0.236 e. The van der Waals surface area contributed by atoms with E-state index in [0.717, 1.165) is 18.8 Å². The highest BCUT2D eigenvalue weighted by Crippen LogP contribution is 2.02. The second-order valence-corrected chi connectivity index (χ2v) is 3.31. The number of nitrogens with zero attached hydrogens (tertiary/aromatic N) is 2. The van der Waals surface area contributed by atoms with Gasteiger partial charge in [-0.25, -0.2) is 0 Å². The number of nitrogens with one attached hydrogen (secondary N) is 1. The zero-order valence-electron chi connectivity index (χ0n) is 8.76. The Morgan fingerprint density at radius 3 is 2.81 bits per heavy atom. The van der Waals surface area contributed by atoms with E-state index in [-0.39, 0.29) is 30.7 Å². The molecule has 0 bridgehead atoms. The number of piperazine rings is 1. The van der Waals surface area contributed by atoms with Crippen LogP contribution >= 0.6 is 24.8 Å². The molecule has 0 unspecified atom stereocenters. The summed E-state index contributed by atoms with van der Waals surface area (Å²) in [6, 6.07) is 5.76. The molecule has 0 atom stereocenters. The van der Waals surface area contributed by atoms with Gasteiger partial charge in [-0.15, -0.1) is 24.8 Å². The van der Waals surface area contributed by atoms with Gasteiger partial charge in [0.1, 0.15) is 0 Å². The van der Waals surface area contributed by atoms with Crippen LogP contribution in [0.3, 0.4) is 0 Å². The Kier molecular flexibility index (Phi) is 7.05. The van der Waals surface area contributed by atoms with Crippen molar-refractivity contribution in [2.45, 2.75) is 6.54 Å². The van der Waals surface area contributed by atoms with E-state index < -0.39 is 0 Å². The molecule has 1 saturated heterocycles. The second kappa shape index (κ2) is 7.44. The van der Waals surface area contributed by atoms with E-state index in [2.05, 4.69) is 10.3 Å². The van der Waals surface area contributed by atoms with Crippen LogP contribution in [0.15, 0.2) is 24.4 Å². The highest BCUT2D eigenvalue weighted by atomic mass is 35.5. The SMILES string of the molecule is Cl.Cl.O=C1CNCCN1Cc1ccccn1. The zero-order chi connectivity index (χ0) is 9.80. The number of carbonyl (C=O) groups is 1. The highest BCUT2D eigenvalue weighted by Gasteiger charge is 2.17. The third-order valence-corrected chi connectivity index (χ3v) is 2.27. The van der Waals surface area contributed by atoms with Crippen molar-refractivity contribution in [1.29, 1.82) is 0 Å². The molecule has 1 amide bonds. The Bertz CT molecular complexity index is 321. The number of carbonyl (C=O) groups excluding carboxylic acids is 1. The van der Waals surface area contributed by atoms with Gasteiger partial charge < -0.3 is 10.2 Å². The van der Waals surface area contributed by atoms with Gasteiger partial charge in [0.05, 0.1) is 18.8 Å². The van der Waals surface area contributed by atoms with Crippen LogP contribution < -0.4 is 5.32 Å². The summed E-state index contributed by atoms with van der Waals surface area (Å²) in [5, 5.41) is 3.04. The van der Waals surface area contributed by atoms with Crippen LogP contribution in [0.4, 0.5) is 0 Å². The fourth-order valence-electron chi connectivity index (χ4n) is 1.50. The van der Waals surface area contributed by atoms with Crippen molar-refractivity contribution in [3.63, 3.8) is 0 Å².